The van der Waals surface area contributed by atoms with Gasteiger partial charge in [0.25, 0.3) is 12.3 Å². The van der Waals surface area contributed by atoms with Gasteiger partial charge >= 0.3 is 5.97 Å². The second kappa shape index (κ2) is 7.90. The standard InChI is InChI=1S/C20H19F2N3O3S/c1-28-20(27)15-11-5-3-2-4-6-14(11)29-19(15)25-18(26)10-7-8-12-13(9-10)24-17(23-12)16(21)22/h7-9,16H,2-6H2,1H3,(H,23,24)(H,25,26). The highest BCUT2D eigenvalue weighted by Gasteiger charge is 2.26. The van der Waals surface area contributed by atoms with Crippen LogP contribution >= 0.6 is 11.3 Å². The number of nitrogens with one attached hydrogen (secondary N) is 2. The molecule has 9 heteroatoms. The number of alkyl halides is 2. The fourth-order valence-electron chi connectivity index (χ4n) is 3.60. The lowest BCUT2D eigenvalue weighted by Crippen LogP contribution is -2.14. The third-order valence-electron chi connectivity index (χ3n) is 5.01. The van der Waals surface area contributed by atoms with Gasteiger partial charge in [0.15, 0.2) is 5.82 Å². The van der Waals surface area contributed by atoms with Gasteiger partial charge in [0.05, 0.1) is 23.7 Å². The van der Waals surface area contributed by atoms with Crippen LogP contribution in [0.1, 0.15) is 62.7 Å². The average molecular weight is 419 g/mol. The molecule has 152 valence electrons. The Hall–Kier alpha value is -2.81. The van der Waals surface area contributed by atoms with E-state index in [1.807, 2.05) is 0 Å². The summed E-state index contributed by atoms with van der Waals surface area (Å²) in [7, 11) is 1.32. The van der Waals surface area contributed by atoms with Crippen molar-refractivity contribution < 1.29 is 23.1 Å². The summed E-state index contributed by atoms with van der Waals surface area (Å²) in [5.74, 6) is -1.33. The molecule has 29 heavy (non-hydrogen) atoms. The summed E-state index contributed by atoms with van der Waals surface area (Å²) in [6, 6.07) is 4.50. The molecule has 2 aromatic heterocycles. The van der Waals surface area contributed by atoms with Crippen LogP contribution in [0.4, 0.5) is 13.8 Å². The lowest BCUT2D eigenvalue weighted by molar-refractivity contribution is 0.0601. The number of carbonyl (C=O) groups excluding carboxylic acids is 2. The molecule has 0 saturated heterocycles. The molecule has 3 aromatic rings. The molecular weight excluding hydrogens is 400 g/mol. The van der Waals surface area contributed by atoms with Crippen molar-refractivity contribution in [3.63, 3.8) is 0 Å². The van der Waals surface area contributed by atoms with Crippen molar-refractivity contribution in [1.82, 2.24) is 9.97 Å². The largest absolute Gasteiger partial charge is 0.465 e. The first-order chi connectivity index (χ1) is 14.0. The number of aromatic nitrogens is 2. The molecule has 0 fully saturated rings. The van der Waals surface area contributed by atoms with Crippen molar-refractivity contribution in [1.29, 1.82) is 0 Å². The Balaban J connectivity index is 1.66. The molecule has 0 bridgehead atoms. The van der Waals surface area contributed by atoms with E-state index in [1.165, 1.54) is 36.6 Å². The number of anilines is 1. The molecule has 0 unspecified atom stereocenters. The van der Waals surface area contributed by atoms with Crippen molar-refractivity contribution in [3.05, 3.63) is 45.6 Å². The molecule has 1 aliphatic rings. The maximum atomic E-state index is 12.8. The molecule has 1 aliphatic carbocycles. The number of hydrogen-bond acceptors (Lipinski definition) is 5. The zero-order valence-electron chi connectivity index (χ0n) is 15.7. The van der Waals surface area contributed by atoms with Crippen LogP contribution in [-0.4, -0.2) is 29.0 Å². The van der Waals surface area contributed by atoms with Crippen LogP contribution in [-0.2, 0) is 17.6 Å². The van der Waals surface area contributed by atoms with Gasteiger partial charge in [0, 0.05) is 10.4 Å². The van der Waals surface area contributed by atoms with Gasteiger partial charge in [-0.05, 0) is 49.4 Å². The molecule has 0 spiro atoms. The van der Waals surface area contributed by atoms with Gasteiger partial charge in [-0.15, -0.1) is 11.3 Å². The van der Waals surface area contributed by atoms with Gasteiger partial charge in [0.2, 0.25) is 0 Å². The lowest BCUT2D eigenvalue weighted by Gasteiger charge is -2.07. The van der Waals surface area contributed by atoms with Crippen molar-refractivity contribution in [2.24, 2.45) is 0 Å². The maximum absolute atomic E-state index is 12.8. The van der Waals surface area contributed by atoms with Gasteiger partial charge in [-0.2, -0.15) is 0 Å². The Morgan fingerprint density at radius 3 is 2.79 bits per heavy atom. The second-order valence-electron chi connectivity index (χ2n) is 6.87. The minimum absolute atomic E-state index is 0.279. The van der Waals surface area contributed by atoms with E-state index in [0.717, 1.165) is 42.5 Å². The van der Waals surface area contributed by atoms with Crippen LogP contribution in [0.3, 0.4) is 0 Å². The number of ether oxygens (including phenoxy) is 1. The van der Waals surface area contributed by atoms with E-state index in [4.69, 9.17) is 4.74 Å². The van der Waals surface area contributed by atoms with Crippen LogP contribution in [0.5, 0.6) is 0 Å². The number of aromatic amines is 1. The topological polar surface area (TPSA) is 84.1 Å². The average Bonchev–Trinajstić information content (AvgIpc) is 3.21. The van der Waals surface area contributed by atoms with Crippen LogP contribution in [0, 0.1) is 0 Å². The van der Waals surface area contributed by atoms with Crippen LogP contribution < -0.4 is 5.32 Å². The monoisotopic (exact) mass is 419 g/mol. The predicted molar refractivity (Wildman–Crippen MR) is 106 cm³/mol. The summed E-state index contributed by atoms with van der Waals surface area (Å²) in [4.78, 5) is 32.6. The number of aryl methyl sites for hydroxylation is 1. The number of fused-ring (bicyclic) bond motifs is 2. The van der Waals surface area contributed by atoms with E-state index in [0.29, 0.717) is 21.6 Å². The lowest BCUT2D eigenvalue weighted by atomic mass is 10.1. The third-order valence-corrected chi connectivity index (χ3v) is 6.21. The Morgan fingerprint density at radius 1 is 1.24 bits per heavy atom. The molecular formula is C20H19F2N3O3S. The first kappa shape index (κ1) is 19.5. The number of hydrogen-bond donors (Lipinski definition) is 2. The number of H-pyrrole nitrogens is 1. The zero-order chi connectivity index (χ0) is 20.5. The molecule has 1 aromatic carbocycles. The molecule has 4 rings (SSSR count). The number of nitrogens with zero attached hydrogens (tertiary/aromatic N) is 1. The highest BCUT2D eigenvalue weighted by molar-refractivity contribution is 7.17. The molecule has 2 heterocycles. The zero-order valence-corrected chi connectivity index (χ0v) is 16.5. The fourth-order valence-corrected chi connectivity index (χ4v) is 4.87. The van der Waals surface area contributed by atoms with E-state index >= 15 is 0 Å². The minimum Gasteiger partial charge on any atom is -0.465 e. The van der Waals surface area contributed by atoms with Crippen molar-refractivity contribution in [2.45, 2.75) is 38.5 Å². The number of thiophene rings is 1. The van der Waals surface area contributed by atoms with E-state index in [1.54, 1.807) is 0 Å². The molecule has 2 N–H and O–H groups in total. The normalized spacial score (nSPS) is 13.9. The summed E-state index contributed by atoms with van der Waals surface area (Å²) < 4.78 is 30.6. The molecule has 0 radical (unpaired) electrons. The number of imidazole rings is 1. The van der Waals surface area contributed by atoms with Gasteiger partial charge in [-0.25, -0.2) is 18.6 Å². The summed E-state index contributed by atoms with van der Waals surface area (Å²) >= 11 is 1.40. The highest BCUT2D eigenvalue weighted by atomic mass is 32.1. The van der Waals surface area contributed by atoms with E-state index < -0.39 is 24.1 Å². The van der Waals surface area contributed by atoms with E-state index in [2.05, 4.69) is 15.3 Å². The Bertz CT molecular complexity index is 1090. The van der Waals surface area contributed by atoms with Gasteiger partial charge in [0.1, 0.15) is 5.00 Å². The van der Waals surface area contributed by atoms with Gasteiger partial charge < -0.3 is 15.0 Å². The molecule has 0 atom stereocenters. The smallest absolute Gasteiger partial charge is 0.341 e. The first-order valence-corrected chi connectivity index (χ1v) is 10.1. The summed E-state index contributed by atoms with van der Waals surface area (Å²) in [5.41, 5.74) is 2.37. The van der Waals surface area contributed by atoms with Crippen LogP contribution in [0.25, 0.3) is 11.0 Å². The SMILES string of the molecule is COC(=O)c1c(NC(=O)c2ccc3nc(C(F)F)[nH]c3c2)sc2c1CCCCC2. The predicted octanol–water partition coefficient (Wildman–Crippen LogP) is 4.87. The Kier molecular flexibility index (Phi) is 5.31. The molecule has 0 saturated carbocycles. The van der Waals surface area contributed by atoms with Crippen LogP contribution in [0.2, 0.25) is 0 Å². The number of rotatable bonds is 4. The maximum Gasteiger partial charge on any atom is 0.341 e. The molecule has 6 nitrogen and oxygen atoms in total. The van der Waals surface area contributed by atoms with Crippen molar-refractivity contribution in [3.8, 4) is 0 Å². The second-order valence-corrected chi connectivity index (χ2v) is 7.97. The molecule has 0 aliphatic heterocycles. The summed E-state index contributed by atoms with van der Waals surface area (Å²) in [6.07, 6.45) is 2.08. The number of esters is 1. The highest BCUT2D eigenvalue weighted by Crippen LogP contribution is 2.38. The van der Waals surface area contributed by atoms with Crippen molar-refractivity contribution in [2.75, 3.05) is 12.4 Å². The summed E-state index contributed by atoms with van der Waals surface area (Å²) in [5, 5.41) is 3.27. The van der Waals surface area contributed by atoms with Gasteiger partial charge in [-0.3, -0.25) is 4.79 Å². The number of methoxy groups -OCH3 is 1. The Labute approximate surface area is 169 Å². The van der Waals surface area contributed by atoms with E-state index in [9.17, 15) is 18.4 Å². The quantitative estimate of drug-likeness (QED) is 0.467. The number of carbonyl (C=O) groups is 2. The number of amides is 1. The summed E-state index contributed by atoms with van der Waals surface area (Å²) in [6.45, 7) is 0. The Morgan fingerprint density at radius 2 is 2.03 bits per heavy atom. The third kappa shape index (κ3) is 3.74. The van der Waals surface area contributed by atoms with Crippen LogP contribution in [0.15, 0.2) is 18.2 Å². The fraction of sp³-hybridized carbons (Fsp3) is 0.350. The molecule has 1 amide bonds. The number of halogens is 2. The van der Waals surface area contributed by atoms with E-state index in [-0.39, 0.29) is 5.56 Å². The minimum atomic E-state index is -2.72. The first-order valence-electron chi connectivity index (χ1n) is 9.30. The van der Waals surface area contributed by atoms with Gasteiger partial charge in [-0.1, -0.05) is 6.42 Å². The van der Waals surface area contributed by atoms with Crippen molar-refractivity contribution >= 4 is 39.2 Å². The number of benzene rings is 1.